The van der Waals surface area contributed by atoms with Crippen molar-refractivity contribution >= 4 is 18.3 Å². The maximum atomic E-state index is 12.0. The lowest BCUT2D eigenvalue weighted by molar-refractivity contribution is -0.122. The summed E-state index contributed by atoms with van der Waals surface area (Å²) >= 11 is 0. The lowest BCUT2D eigenvalue weighted by Gasteiger charge is -2.18. The Balaban J connectivity index is 0.00000484. The van der Waals surface area contributed by atoms with Crippen molar-refractivity contribution in [3.63, 3.8) is 0 Å². The Hall–Kier alpha value is -1.26. The number of nitrogens with one attached hydrogen (secondary N) is 1. The van der Waals surface area contributed by atoms with E-state index in [0.717, 1.165) is 23.3 Å². The van der Waals surface area contributed by atoms with Crippen LogP contribution in [0.4, 0.5) is 0 Å². The van der Waals surface area contributed by atoms with Crippen molar-refractivity contribution in [2.75, 3.05) is 0 Å². The zero-order valence-corrected chi connectivity index (χ0v) is 15.7. The maximum absolute atomic E-state index is 12.0. The number of carbonyl (C=O) groups is 1. The second-order valence-corrected chi connectivity index (χ2v) is 6.40. The van der Waals surface area contributed by atoms with Crippen LogP contribution in [0.1, 0.15) is 51.7 Å². The first kappa shape index (κ1) is 21.7. The van der Waals surface area contributed by atoms with E-state index >= 15 is 0 Å². The molecular weight excluding hydrogens is 312 g/mol. The normalized spacial score (nSPS) is 13.2. The van der Waals surface area contributed by atoms with E-state index in [2.05, 4.69) is 26.1 Å². The van der Waals surface area contributed by atoms with E-state index in [-0.39, 0.29) is 24.4 Å². The number of hydrogen-bond donors (Lipinski definition) is 2. The molecule has 0 spiro atoms. The van der Waals surface area contributed by atoms with E-state index in [0.29, 0.717) is 18.9 Å². The molecule has 0 saturated heterocycles. The van der Waals surface area contributed by atoms with Crippen molar-refractivity contribution in [3.8, 4) is 5.75 Å². The van der Waals surface area contributed by atoms with Crippen molar-refractivity contribution in [3.05, 3.63) is 29.3 Å². The van der Waals surface area contributed by atoms with Gasteiger partial charge in [-0.1, -0.05) is 32.9 Å². The molecule has 0 bridgehead atoms. The lowest BCUT2D eigenvalue weighted by Crippen LogP contribution is -2.41. The van der Waals surface area contributed by atoms with Crippen molar-refractivity contribution in [1.82, 2.24) is 5.32 Å². The molecule has 1 aromatic rings. The van der Waals surface area contributed by atoms with Crippen LogP contribution in [0.3, 0.4) is 0 Å². The Bertz CT molecular complexity index is 492. The van der Waals surface area contributed by atoms with E-state index in [1.165, 1.54) is 0 Å². The monoisotopic (exact) mass is 342 g/mol. The van der Waals surface area contributed by atoms with E-state index in [9.17, 15) is 4.79 Å². The molecule has 0 heterocycles. The molecule has 0 saturated carbocycles. The highest BCUT2D eigenvalue weighted by Gasteiger charge is 2.15. The van der Waals surface area contributed by atoms with Gasteiger partial charge >= 0.3 is 0 Å². The van der Waals surface area contributed by atoms with E-state index in [1.54, 1.807) is 0 Å². The van der Waals surface area contributed by atoms with Gasteiger partial charge in [-0.05, 0) is 44.2 Å². The first-order valence-corrected chi connectivity index (χ1v) is 8.13. The molecule has 2 atom stereocenters. The average Bonchev–Trinajstić information content (AvgIpc) is 2.45. The van der Waals surface area contributed by atoms with Gasteiger partial charge in [0, 0.05) is 12.1 Å². The van der Waals surface area contributed by atoms with E-state index in [4.69, 9.17) is 10.5 Å². The highest BCUT2D eigenvalue weighted by Crippen LogP contribution is 2.22. The highest BCUT2D eigenvalue weighted by molar-refractivity contribution is 5.85. The molecule has 5 heteroatoms. The third-order valence-corrected chi connectivity index (χ3v) is 3.64. The molecular formula is C18H31ClN2O2. The van der Waals surface area contributed by atoms with Crippen molar-refractivity contribution in [2.45, 2.75) is 66.2 Å². The van der Waals surface area contributed by atoms with E-state index < -0.39 is 6.04 Å². The Kier molecular flexibility index (Phi) is 9.93. The number of carbonyl (C=O) groups excluding carboxylic acids is 1. The fourth-order valence-electron chi connectivity index (χ4n) is 2.15. The SMILES string of the molecule is CCC(C)Oc1cc(C)ccc1CNC(=O)[C@@H](N)CC(C)C.Cl. The lowest BCUT2D eigenvalue weighted by atomic mass is 10.0. The van der Waals surface area contributed by atoms with Gasteiger partial charge in [0.15, 0.2) is 0 Å². The van der Waals surface area contributed by atoms with Crippen LogP contribution in [-0.4, -0.2) is 18.1 Å². The molecule has 0 fully saturated rings. The fraction of sp³-hybridized carbons (Fsp3) is 0.611. The number of amides is 1. The number of benzene rings is 1. The number of rotatable bonds is 8. The van der Waals surface area contributed by atoms with Gasteiger partial charge in [-0.25, -0.2) is 0 Å². The molecule has 132 valence electrons. The number of hydrogen-bond acceptors (Lipinski definition) is 3. The summed E-state index contributed by atoms with van der Waals surface area (Å²) in [6.07, 6.45) is 1.79. The van der Waals surface area contributed by atoms with Gasteiger partial charge in [-0.3, -0.25) is 4.79 Å². The van der Waals surface area contributed by atoms with Gasteiger partial charge in [0.1, 0.15) is 5.75 Å². The van der Waals surface area contributed by atoms with Crippen LogP contribution in [0.2, 0.25) is 0 Å². The van der Waals surface area contributed by atoms with Crippen molar-refractivity contribution < 1.29 is 9.53 Å². The summed E-state index contributed by atoms with van der Waals surface area (Å²) in [4.78, 5) is 12.0. The second-order valence-electron chi connectivity index (χ2n) is 6.40. The first-order valence-electron chi connectivity index (χ1n) is 8.13. The van der Waals surface area contributed by atoms with Crippen LogP contribution in [0.5, 0.6) is 5.75 Å². The third-order valence-electron chi connectivity index (χ3n) is 3.64. The van der Waals surface area contributed by atoms with Crippen LogP contribution >= 0.6 is 12.4 Å². The molecule has 1 unspecified atom stereocenters. The van der Waals surface area contributed by atoms with Crippen LogP contribution in [-0.2, 0) is 11.3 Å². The van der Waals surface area contributed by atoms with Gasteiger partial charge < -0.3 is 15.8 Å². The summed E-state index contributed by atoms with van der Waals surface area (Å²) in [5.74, 6) is 1.14. The molecule has 4 nitrogen and oxygen atoms in total. The van der Waals surface area contributed by atoms with Gasteiger partial charge in [-0.2, -0.15) is 0 Å². The maximum Gasteiger partial charge on any atom is 0.237 e. The van der Waals surface area contributed by atoms with Crippen LogP contribution < -0.4 is 15.8 Å². The second kappa shape index (κ2) is 10.5. The number of halogens is 1. The zero-order chi connectivity index (χ0) is 16.7. The molecule has 0 aliphatic rings. The van der Waals surface area contributed by atoms with Crippen LogP contribution in [0, 0.1) is 12.8 Å². The van der Waals surface area contributed by atoms with Gasteiger partial charge in [0.25, 0.3) is 0 Å². The summed E-state index contributed by atoms with van der Waals surface area (Å²) in [5.41, 5.74) is 8.03. The van der Waals surface area contributed by atoms with Gasteiger partial charge in [0.05, 0.1) is 12.1 Å². The van der Waals surface area contributed by atoms with Gasteiger partial charge in [0.2, 0.25) is 5.91 Å². The number of nitrogens with two attached hydrogens (primary N) is 1. The van der Waals surface area contributed by atoms with Crippen molar-refractivity contribution in [1.29, 1.82) is 0 Å². The summed E-state index contributed by atoms with van der Waals surface area (Å²) in [5, 5.41) is 2.91. The number of aryl methyl sites for hydroxylation is 1. The summed E-state index contributed by atoms with van der Waals surface area (Å²) in [6.45, 7) is 10.7. The quantitative estimate of drug-likeness (QED) is 0.758. The fourth-order valence-corrected chi connectivity index (χ4v) is 2.15. The Morgan fingerprint density at radius 3 is 2.52 bits per heavy atom. The topological polar surface area (TPSA) is 64.3 Å². The van der Waals surface area contributed by atoms with Crippen LogP contribution in [0.25, 0.3) is 0 Å². The van der Waals surface area contributed by atoms with Crippen molar-refractivity contribution in [2.24, 2.45) is 11.7 Å². The molecule has 0 radical (unpaired) electrons. The molecule has 0 aromatic heterocycles. The Morgan fingerprint density at radius 1 is 1.30 bits per heavy atom. The Labute approximate surface area is 146 Å². The molecule has 0 aliphatic carbocycles. The highest BCUT2D eigenvalue weighted by atomic mass is 35.5. The standard InChI is InChI=1S/C18H30N2O2.ClH/c1-6-14(5)22-17-10-13(4)7-8-15(17)11-20-18(21)16(19)9-12(2)3;/h7-8,10,12,14,16H,6,9,11,19H2,1-5H3,(H,20,21);1H/t14?,16-;/m0./s1. The predicted octanol–water partition coefficient (Wildman–Crippen LogP) is 3.58. The first-order chi connectivity index (χ1) is 10.3. The average molecular weight is 343 g/mol. The van der Waals surface area contributed by atoms with Crippen LogP contribution in [0.15, 0.2) is 18.2 Å². The summed E-state index contributed by atoms with van der Waals surface area (Å²) < 4.78 is 5.95. The minimum Gasteiger partial charge on any atom is -0.490 e. The Morgan fingerprint density at radius 2 is 1.96 bits per heavy atom. The predicted molar refractivity (Wildman–Crippen MR) is 98.1 cm³/mol. The zero-order valence-electron chi connectivity index (χ0n) is 14.9. The summed E-state index contributed by atoms with van der Waals surface area (Å²) in [7, 11) is 0. The third kappa shape index (κ3) is 7.71. The smallest absolute Gasteiger partial charge is 0.237 e. The largest absolute Gasteiger partial charge is 0.490 e. The molecule has 0 aliphatic heterocycles. The molecule has 3 N–H and O–H groups in total. The molecule has 23 heavy (non-hydrogen) atoms. The number of ether oxygens (including phenoxy) is 1. The molecule has 1 amide bonds. The van der Waals surface area contributed by atoms with Gasteiger partial charge in [-0.15, -0.1) is 12.4 Å². The summed E-state index contributed by atoms with van der Waals surface area (Å²) in [6, 6.07) is 5.59. The minimum atomic E-state index is -0.454. The molecule has 1 aromatic carbocycles. The van der Waals surface area contributed by atoms with E-state index in [1.807, 2.05) is 32.0 Å². The minimum absolute atomic E-state index is 0. The molecule has 1 rings (SSSR count).